The summed E-state index contributed by atoms with van der Waals surface area (Å²) < 4.78 is 2.34. The minimum Gasteiger partial charge on any atom is -0.396 e. The Morgan fingerprint density at radius 1 is 1.17 bits per heavy atom. The molecule has 36 heavy (non-hydrogen) atoms. The Hall–Kier alpha value is -2.07. The van der Waals surface area contributed by atoms with E-state index in [-0.39, 0.29) is 29.4 Å². The molecule has 1 heterocycles. The highest BCUT2D eigenvalue weighted by atomic mass is 16.3. The third-order valence-electron chi connectivity index (χ3n) is 8.90. The lowest BCUT2D eigenvalue weighted by atomic mass is 9.83. The van der Waals surface area contributed by atoms with Crippen LogP contribution in [0.5, 0.6) is 0 Å². The molecule has 198 valence electrons. The van der Waals surface area contributed by atoms with E-state index in [1.165, 1.54) is 67.5 Å². The van der Waals surface area contributed by atoms with Gasteiger partial charge in [0.2, 0.25) is 0 Å². The Morgan fingerprint density at radius 3 is 2.44 bits per heavy atom. The molecule has 2 saturated carbocycles. The van der Waals surface area contributed by atoms with Gasteiger partial charge in [-0.1, -0.05) is 72.8 Å². The van der Waals surface area contributed by atoms with E-state index in [1.807, 2.05) is 0 Å². The van der Waals surface area contributed by atoms with Gasteiger partial charge in [-0.3, -0.25) is 4.79 Å². The smallest absolute Gasteiger partial charge is 0.253 e. The molecule has 0 radical (unpaired) electrons. The van der Waals surface area contributed by atoms with Gasteiger partial charge in [-0.25, -0.2) is 0 Å². The number of rotatable bonds is 9. The van der Waals surface area contributed by atoms with Crippen LogP contribution in [0.2, 0.25) is 0 Å². The second-order valence-corrected chi connectivity index (χ2v) is 12.9. The number of aliphatic hydroxyl groups is 1. The fraction of sp³-hybridized carbons (Fsp3) is 0.656. The molecule has 2 aliphatic rings. The summed E-state index contributed by atoms with van der Waals surface area (Å²) in [7, 11) is 0. The van der Waals surface area contributed by atoms with Crippen LogP contribution < -0.4 is 5.32 Å². The SMILES string of the molecule is CCC(CCO)NC(=O)c1cn(-c2cc(C(C)(C)C)cc(C3(C)CC3)c2)c(CC2CCCCC2)c1C. The van der Waals surface area contributed by atoms with Gasteiger partial charge >= 0.3 is 0 Å². The molecule has 1 unspecified atom stereocenters. The monoisotopic (exact) mass is 492 g/mol. The minimum absolute atomic E-state index is 0.00215. The average molecular weight is 493 g/mol. The first-order valence-corrected chi connectivity index (χ1v) is 14.3. The summed E-state index contributed by atoms with van der Waals surface area (Å²) in [5, 5.41) is 12.6. The maximum atomic E-state index is 13.5. The van der Waals surface area contributed by atoms with Crippen LogP contribution in [0.15, 0.2) is 24.4 Å². The van der Waals surface area contributed by atoms with E-state index < -0.39 is 0 Å². The second-order valence-electron chi connectivity index (χ2n) is 12.9. The summed E-state index contributed by atoms with van der Waals surface area (Å²) in [4.78, 5) is 13.5. The van der Waals surface area contributed by atoms with Crippen LogP contribution in [0.3, 0.4) is 0 Å². The first-order valence-electron chi connectivity index (χ1n) is 14.3. The third kappa shape index (κ3) is 5.90. The maximum absolute atomic E-state index is 13.5. The van der Waals surface area contributed by atoms with Gasteiger partial charge in [0.15, 0.2) is 0 Å². The van der Waals surface area contributed by atoms with Crippen LogP contribution in [0.25, 0.3) is 5.69 Å². The molecule has 1 atom stereocenters. The number of nitrogens with zero attached hydrogens (tertiary/aromatic N) is 1. The summed E-state index contributed by atoms with van der Waals surface area (Å²) in [5.41, 5.74) is 7.50. The van der Waals surface area contributed by atoms with Crippen molar-refractivity contribution in [2.45, 2.75) is 123 Å². The Kier molecular flexibility index (Phi) is 8.04. The van der Waals surface area contributed by atoms with Crippen LogP contribution in [0.4, 0.5) is 0 Å². The van der Waals surface area contributed by atoms with Crippen molar-refractivity contribution in [3.8, 4) is 5.69 Å². The number of hydrogen-bond acceptors (Lipinski definition) is 2. The number of nitrogens with one attached hydrogen (secondary N) is 1. The molecule has 4 rings (SSSR count). The molecule has 4 nitrogen and oxygen atoms in total. The Balaban J connectivity index is 1.79. The number of carbonyl (C=O) groups is 1. The lowest BCUT2D eigenvalue weighted by Gasteiger charge is -2.25. The van der Waals surface area contributed by atoms with Gasteiger partial charge < -0.3 is 15.0 Å². The molecular weight excluding hydrogens is 444 g/mol. The van der Waals surface area contributed by atoms with Crippen LogP contribution >= 0.6 is 0 Å². The molecule has 2 aliphatic carbocycles. The van der Waals surface area contributed by atoms with E-state index in [2.05, 4.69) is 75.8 Å². The summed E-state index contributed by atoms with van der Waals surface area (Å²) in [6.45, 7) is 13.5. The van der Waals surface area contributed by atoms with Crippen molar-refractivity contribution >= 4 is 5.91 Å². The van der Waals surface area contributed by atoms with Gasteiger partial charge in [0.05, 0.1) is 5.56 Å². The number of aromatic nitrogens is 1. The molecule has 2 fully saturated rings. The van der Waals surface area contributed by atoms with Gasteiger partial charge in [0.1, 0.15) is 0 Å². The van der Waals surface area contributed by atoms with E-state index in [1.54, 1.807) is 0 Å². The van der Waals surface area contributed by atoms with Crippen LogP contribution in [-0.4, -0.2) is 28.2 Å². The Labute approximate surface area is 218 Å². The topological polar surface area (TPSA) is 54.3 Å². The standard InChI is InChI=1S/C32H48N2O2/c1-7-26(13-16-35)33-30(36)28-21-34(29(22(28)2)17-23-11-9-8-10-12-23)27-19-24(31(3,4)5)18-25(20-27)32(6)14-15-32/h18-21,23,26,35H,7-17H2,1-6H3,(H,33,36). The highest BCUT2D eigenvalue weighted by molar-refractivity contribution is 5.96. The fourth-order valence-electron chi connectivity index (χ4n) is 5.82. The summed E-state index contributed by atoms with van der Waals surface area (Å²) in [6, 6.07) is 7.15. The van der Waals surface area contributed by atoms with E-state index in [9.17, 15) is 9.90 Å². The average Bonchev–Trinajstić information content (AvgIpc) is 3.53. The summed E-state index contributed by atoms with van der Waals surface area (Å²) >= 11 is 0. The Bertz CT molecular complexity index is 1040. The minimum atomic E-state index is -0.0159. The fourth-order valence-corrected chi connectivity index (χ4v) is 5.82. The predicted octanol–water partition coefficient (Wildman–Crippen LogP) is 7.15. The number of carbonyl (C=O) groups excluding carboxylic acids is 1. The molecule has 0 aliphatic heterocycles. The molecular formula is C32H48N2O2. The predicted molar refractivity (Wildman–Crippen MR) is 149 cm³/mol. The second kappa shape index (κ2) is 10.7. The van der Waals surface area contributed by atoms with Gasteiger partial charge in [0, 0.05) is 30.2 Å². The van der Waals surface area contributed by atoms with Crippen molar-refractivity contribution in [3.63, 3.8) is 0 Å². The number of aliphatic hydroxyl groups excluding tert-OH is 1. The zero-order valence-corrected chi connectivity index (χ0v) is 23.5. The van der Waals surface area contributed by atoms with Gasteiger partial charge in [-0.15, -0.1) is 0 Å². The van der Waals surface area contributed by atoms with E-state index in [4.69, 9.17) is 0 Å². The van der Waals surface area contributed by atoms with Gasteiger partial charge in [-0.05, 0) is 84.6 Å². The Morgan fingerprint density at radius 2 is 1.86 bits per heavy atom. The zero-order chi connectivity index (χ0) is 26.1. The zero-order valence-electron chi connectivity index (χ0n) is 23.5. The molecule has 0 spiro atoms. The quantitative estimate of drug-likeness (QED) is 0.390. The van der Waals surface area contributed by atoms with Crippen molar-refractivity contribution in [1.82, 2.24) is 9.88 Å². The van der Waals surface area contributed by atoms with E-state index in [0.29, 0.717) is 12.3 Å². The number of hydrogen-bond donors (Lipinski definition) is 2. The normalized spacial score (nSPS) is 18.8. The summed E-state index contributed by atoms with van der Waals surface area (Å²) in [5.74, 6) is 0.670. The number of benzene rings is 1. The van der Waals surface area contributed by atoms with E-state index >= 15 is 0 Å². The molecule has 2 N–H and O–H groups in total. The van der Waals surface area contributed by atoms with Crippen LogP contribution in [-0.2, 0) is 17.3 Å². The molecule has 2 aromatic rings. The van der Waals surface area contributed by atoms with Crippen molar-refractivity contribution < 1.29 is 9.90 Å². The van der Waals surface area contributed by atoms with Crippen molar-refractivity contribution in [3.05, 3.63) is 52.3 Å². The molecule has 4 heteroatoms. The highest BCUT2D eigenvalue weighted by Crippen LogP contribution is 2.49. The van der Waals surface area contributed by atoms with Crippen LogP contribution in [0, 0.1) is 12.8 Å². The molecule has 1 amide bonds. The lowest BCUT2D eigenvalue weighted by molar-refractivity contribution is 0.0928. The first-order chi connectivity index (χ1) is 17.1. The highest BCUT2D eigenvalue weighted by Gasteiger charge is 2.40. The van der Waals surface area contributed by atoms with Gasteiger partial charge in [-0.2, -0.15) is 0 Å². The third-order valence-corrected chi connectivity index (χ3v) is 8.90. The largest absolute Gasteiger partial charge is 0.396 e. The first kappa shape index (κ1) is 27.0. The lowest BCUT2D eigenvalue weighted by Crippen LogP contribution is -2.35. The molecule has 1 aromatic carbocycles. The molecule has 1 aromatic heterocycles. The van der Waals surface area contributed by atoms with Gasteiger partial charge in [0.25, 0.3) is 5.91 Å². The maximum Gasteiger partial charge on any atom is 0.253 e. The van der Waals surface area contributed by atoms with Crippen molar-refractivity contribution in [1.29, 1.82) is 0 Å². The van der Waals surface area contributed by atoms with Crippen molar-refractivity contribution in [2.24, 2.45) is 5.92 Å². The molecule has 0 saturated heterocycles. The van der Waals surface area contributed by atoms with E-state index in [0.717, 1.165) is 24.0 Å². The summed E-state index contributed by atoms with van der Waals surface area (Å²) in [6.07, 6.45) is 13.6. The number of amides is 1. The van der Waals surface area contributed by atoms with Crippen molar-refractivity contribution in [2.75, 3.05) is 6.61 Å². The molecule has 0 bridgehead atoms. The van der Waals surface area contributed by atoms with Crippen LogP contribution in [0.1, 0.15) is 125 Å².